The van der Waals surface area contributed by atoms with Crippen LogP contribution in [0.1, 0.15) is 22.8 Å². The third-order valence-corrected chi connectivity index (χ3v) is 4.93. The lowest BCUT2D eigenvalue weighted by Gasteiger charge is -2.05. The number of hydrogen-bond donors (Lipinski definition) is 1. The summed E-state index contributed by atoms with van der Waals surface area (Å²) in [6, 6.07) is 15.2. The number of hydrogen-bond acceptors (Lipinski definition) is 4. The van der Waals surface area contributed by atoms with Crippen molar-refractivity contribution in [3.8, 4) is 0 Å². The number of aryl methyl sites for hydroxylation is 1. The van der Waals surface area contributed by atoms with Gasteiger partial charge in [0.25, 0.3) is 0 Å². The Kier molecular flexibility index (Phi) is 5.19. The minimum Gasteiger partial charge on any atom is -0.352 e. The average Bonchev–Trinajstić information content (AvgIpc) is 2.94. The summed E-state index contributed by atoms with van der Waals surface area (Å²) >= 11 is 1.44. The number of benzene rings is 2. The monoisotopic (exact) mass is 353 g/mol. The molecular weight excluding hydrogens is 334 g/mol. The van der Waals surface area contributed by atoms with Crippen molar-refractivity contribution in [2.24, 2.45) is 7.05 Å². The molecule has 0 atom stereocenters. The minimum atomic E-state index is -0.0704. The number of ketones is 1. The van der Waals surface area contributed by atoms with Crippen LogP contribution >= 0.6 is 11.8 Å². The summed E-state index contributed by atoms with van der Waals surface area (Å²) in [5.41, 5.74) is 3.62. The number of Topliss-reactive ketones (excluding diaryl/α,β-unsaturated/α-hetero) is 1. The molecule has 0 fully saturated rings. The van der Waals surface area contributed by atoms with Gasteiger partial charge in [-0.2, -0.15) is 0 Å². The first kappa shape index (κ1) is 17.2. The number of amides is 1. The summed E-state index contributed by atoms with van der Waals surface area (Å²) in [6.07, 6.45) is 0. The number of nitrogens with zero attached hydrogens (tertiary/aromatic N) is 2. The SMILES string of the molecule is CC(=O)NCc1ccc(C(=O)CSc2nc3ccccc3n2C)cc1. The minimum absolute atomic E-state index is 0.0585. The first-order valence-electron chi connectivity index (χ1n) is 7.95. The Morgan fingerprint density at radius 2 is 1.84 bits per heavy atom. The van der Waals surface area contributed by atoms with Crippen LogP contribution in [0.4, 0.5) is 0 Å². The fourth-order valence-corrected chi connectivity index (χ4v) is 3.38. The molecular formula is C19H19N3O2S. The number of thioether (sulfide) groups is 1. The fourth-order valence-electron chi connectivity index (χ4n) is 2.50. The average molecular weight is 353 g/mol. The van der Waals surface area contributed by atoms with Crippen LogP contribution in [0.3, 0.4) is 0 Å². The number of rotatable bonds is 6. The van der Waals surface area contributed by atoms with Crippen molar-refractivity contribution in [1.82, 2.24) is 14.9 Å². The number of nitrogens with one attached hydrogen (secondary N) is 1. The third-order valence-electron chi connectivity index (χ3n) is 3.90. The van der Waals surface area contributed by atoms with E-state index in [0.717, 1.165) is 21.8 Å². The van der Waals surface area contributed by atoms with Gasteiger partial charge < -0.3 is 9.88 Å². The van der Waals surface area contributed by atoms with E-state index in [1.807, 2.05) is 48.0 Å². The lowest BCUT2D eigenvalue weighted by atomic mass is 10.1. The van der Waals surface area contributed by atoms with Crippen molar-refractivity contribution in [2.75, 3.05) is 5.75 Å². The Morgan fingerprint density at radius 3 is 2.52 bits per heavy atom. The van der Waals surface area contributed by atoms with Gasteiger partial charge in [0.1, 0.15) is 0 Å². The van der Waals surface area contributed by atoms with Crippen molar-refractivity contribution in [1.29, 1.82) is 0 Å². The Bertz CT molecular complexity index is 916. The molecule has 3 rings (SSSR count). The Balaban J connectivity index is 1.63. The molecule has 0 saturated carbocycles. The summed E-state index contributed by atoms with van der Waals surface area (Å²) in [4.78, 5) is 27.9. The van der Waals surface area contributed by atoms with Gasteiger partial charge in [0.05, 0.1) is 16.8 Å². The molecule has 5 nitrogen and oxygen atoms in total. The van der Waals surface area contributed by atoms with E-state index < -0.39 is 0 Å². The van der Waals surface area contributed by atoms with Gasteiger partial charge in [-0.05, 0) is 17.7 Å². The van der Waals surface area contributed by atoms with Crippen LogP contribution in [0.15, 0.2) is 53.7 Å². The van der Waals surface area contributed by atoms with Gasteiger partial charge in [-0.3, -0.25) is 9.59 Å². The Hall–Kier alpha value is -2.60. The van der Waals surface area contributed by atoms with E-state index >= 15 is 0 Å². The molecule has 0 aliphatic rings. The van der Waals surface area contributed by atoms with Gasteiger partial charge in [0.2, 0.25) is 5.91 Å². The second-order valence-electron chi connectivity index (χ2n) is 5.76. The van der Waals surface area contributed by atoms with E-state index in [4.69, 9.17) is 0 Å². The van der Waals surface area contributed by atoms with E-state index in [2.05, 4.69) is 10.3 Å². The summed E-state index contributed by atoms with van der Waals surface area (Å²) in [7, 11) is 1.96. The van der Waals surface area contributed by atoms with E-state index in [9.17, 15) is 9.59 Å². The summed E-state index contributed by atoms with van der Waals surface area (Å²) in [6.45, 7) is 1.95. The third kappa shape index (κ3) is 4.09. The van der Waals surface area contributed by atoms with Gasteiger partial charge in [0.15, 0.2) is 10.9 Å². The maximum atomic E-state index is 12.4. The standard InChI is InChI=1S/C19H19N3O2S/c1-13(23)20-11-14-7-9-15(10-8-14)18(24)12-25-19-21-16-5-3-4-6-17(16)22(19)2/h3-10H,11-12H2,1-2H3,(H,20,23). The molecule has 0 saturated heterocycles. The summed E-state index contributed by atoms with van der Waals surface area (Å²) < 4.78 is 2.00. The second kappa shape index (κ2) is 7.53. The van der Waals surface area contributed by atoms with E-state index in [1.165, 1.54) is 18.7 Å². The Morgan fingerprint density at radius 1 is 1.12 bits per heavy atom. The van der Waals surface area contributed by atoms with Crippen LogP contribution in [0.5, 0.6) is 0 Å². The maximum absolute atomic E-state index is 12.4. The highest BCUT2D eigenvalue weighted by Gasteiger charge is 2.11. The lowest BCUT2D eigenvalue weighted by molar-refractivity contribution is -0.119. The molecule has 0 aliphatic heterocycles. The Labute approximate surface area is 150 Å². The van der Waals surface area contributed by atoms with E-state index in [-0.39, 0.29) is 11.7 Å². The molecule has 0 bridgehead atoms. The number of imidazole rings is 1. The highest BCUT2D eigenvalue weighted by atomic mass is 32.2. The first-order chi connectivity index (χ1) is 12.0. The van der Waals surface area contributed by atoms with Gasteiger partial charge in [-0.1, -0.05) is 48.2 Å². The highest BCUT2D eigenvalue weighted by Crippen LogP contribution is 2.23. The molecule has 0 unspecified atom stereocenters. The summed E-state index contributed by atoms with van der Waals surface area (Å²) in [5.74, 6) is 0.324. The lowest BCUT2D eigenvalue weighted by Crippen LogP contribution is -2.18. The molecule has 2 aromatic carbocycles. The van der Waals surface area contributed by atoms with E-state index in [1.54, 1.807) is 12.1 Å². The predicted octanol–water partition coefficient (Wildman–Crippen LogP) is 3.18. The zero-order valence-electron chi connectivity index (χ0n) is 14.2. The van der Waals surface area contributed by atoms with Crippen LogP contribution in [-0.4, -0.2) is 27.0 Å². The number of aromatic nitrogens is 2. The van der Waals surface area contributed by atoms with Crippen LogP contribution < -0.4 is 5.32 Å². The number of fused-ring (bicyclic) bond motifs is 1. The zero-order valence-corrected chi connectivity index (χ0v) is 15.0. The zero-order chi connectivity index (χ0) is 17.8. The quantitative estimate of drug-likeness (QED) is 0.546. The van der Waals surface area contributed by atoms with Crippen LogP contribution in [0.25, 0.3) is 11.0 Å². The molecule has 1 N–H and O–H groups in total. The van der Waals surface area contributed by atoms with Gasteiger partial charge in [-0.25, -0.2) is 4.98 Å². The van der Waals surface area contributed by atoms with Crippen molar-refractivity contribution in [3.05, 3.63) is 59.7 Å². The molecule has 1 amide bonds. The predicted molar refractivity (Wildman–Crippen MR) is 99.7 cm³/mol. The smallest absolute Gasteiger partial charge is 0.217 e. The maximum Gasteiger partial charge on any atom is 0.217 e. The van der Waals surface area contributed by atoms with Crippen LogP contribution in [-0.2, 0) is 18.4 Å². The molecule has 6 heteroatoms. The molecule has 128 valence electrons. The number of para-hydroxylation sites is 2. The van der Waals surface area contributed by atoms with Gasteiger partial charge in [0, 0.05) is 26.1 Å². The topological polar surface area (TPSA) is 64.0 Å². The molecule has 0 aliphatic carbocycles. The molecule has 1 heterocycles. The summed E-state index contributed by atoms with van der Waals surface area (Å²) in [5, 5.41) is 3.57. The fraction of sp³-hybridized carbons (Fsp3) is 0.211. The largest absolute Gasteiger partial charge is 0.352 e. The van der Waals surface area contributed by atoms with Crippen molar-refractivity contribution >= 4 is 34.5 Å². The van der Waals surface area contributed by atoms with Crippen LogP contribution in [0, 0.1) is 0 Å². The molecule has 0 radical (unpaired) electrons. The van der Waals surface area contributed by atoms with Crippen molar-refractivity contribution in [2.45, 2.75) is 18.6 Å². The molecule has 3 aromatic rings. The normalized spacial score (nSPS) is 10.8. The molecule has 1 aromatic heterocycles. The van der Waals surface area contributed by atoms with E-state index in [0.29, 0.717) is 17.9 Å². The van der Waals surface area contributed by atoms with Crippen molar-refractivity contribution < 1.29 is 9.59 Å². The molecule has 25 heavy (non-hydrogen) atoms. The van der Waals surface area contributed by atoms with Gasteiger partial charge in [-0.15, -0.1) is 0 Å². The van der Waals surface area contributed by atoms with Crippen molar-refractivity contribution in [3.63, 3.8) is 0 Å². The second-order valence-corrected chi connectivity index (χ2v) is 6.70. The van der Waals surface area contributed by atoms with Crippen LogP contribution in [0.2, 0.25) is 0 Å². The number of carbonyl (C=O) groups excluding carboxylic acids is 2. The highest BCUT2D eigenvalue weighted by molar-refractivity contribution is 7.99. The first-order valence-corrected chi connectivity index (χ1v) is 8.94. The number of carbonyl (C=O) groups is 2. The molecule has 0 spiro atoms. The van der Waals surface area contributed by atoms with Gasteiger partial charge >= 0.3 is 0 Å².